The Kier molecular flexibility index (Phi) is 3.02. The van der Waals surface area contributed by atoms with Crippen molar-refractivity contribution in [1.82, 2.24) is 4.57 Å². The highest BCUT2D eigenvalue weighted by Gasteiger charge is 2.11. The molecule has 3 heteroatoms. The second-order valence-electron chi connectivity index (χ2n) is 4.99. The lowest BCUT2D eigenvalue weighted by Gasteiger charge is -2.07. The first kappa shape index (κ1) is 12.9. The van der Waals surface area contributed by atoms with Crippen molar-refractivity contribution in [3.05, 3.63) is 76.2 Å². The van der Waals surface area contributed by atoms with E-state index in [0.717, 1.165) is 15.2 Å². The molecular weight excluding hydrogens is 346 g/mol. The molecule has 0 amide bonds. The molecule has 0 saturated heterocycles. The molecule has 4 aromatic rings. The SMILES string of the molecule is Clc1ccc(-n2c3ccccc3c3cc(Br)ccc32)cc1. The third-order valence-electron chi connectivity index (χ3n) is 3.72. The van der Waals surface area contributed by atoms with Crippen LogP contribution in [0.4, 0.5) is 0 Å². The van der Waals surface area contributed by atoms with Gasteiger partial charge in [0.05, 0.1) is 11.0 Å². The van der Waals surface area contributed by atoms with Crippen molar-refractivity contribution in [3.63, 3.8) is 0 Å². The Labute approximate surface area is 135 Å². The molecule has 0 atom stereocenters. The van der Waals surface area contributed by atoms with Gasteiger partial charge in [0.1, 0.15) is 0 Å². The normalized spacial score (nSPS) is 11.3. The molecule has 0 saturated carbocycles. The van der Waals surface area contributed by atoms with Crippen LogP contribution in [0.5, 0.6) is 0 Å². The van der Waals surface area contributed by atoms with Gasteiger partial charge in [-0.1, -0.05) is 45.7 Å². The van der Waals surface area contributed by atoms with Crippen LogP contribution in [-0.2, 0) is 0 Å². The maximum Gasteiger partial charge on any atom is 0.0541 e. The van der Waals surface area contributed by atoms with Gasteiger partial charge in [-0.3, -0.25) is 0 Å². The summed E-state index contributed by atoms with van der Waals surface area (Å²) in [6.45, 7) is 0. The zero-order valence-electron chi connectivity index (χ0n) is 11.1. The van der Waals surface area contributed by atoms with E-state index in [1.807, 2.05) is 12.1 Å². The summed E-state index contributed by atoms with van der Waals surface area (Å²) >= 11 is 9.58. The third-order valence-corrected chi connectivity index (χ3v) is 4.46. The van der Waals surface area contributed by atoms with Gasteiger partial charge in [-0.25, -0.2) is 0 Å². The zero-order valence-corrected chi connectivity index (χ0v) is 13.4. The van der Waals surface area contributed by atoms with Crippen LogP contribution in [0.15, 0.2) is 71.2 Å². The average Bonchev–Trinajstić information content (AvgIpc) is 2.82. The Bertz CT molecular complexity index is 954. The number of halogens is 2. The molecule has 1 nitrogen and oxygen atoms in total. The van der Waals surface area contributed by atoms with Gasteiger partial charge in [-0.2, -0.15) is 0 Å². The monoisotopic (exact) mass is 355 g/mol. The minimum atomic E-state index is 0.752. The highest BCUT2D eigenvalue weighted by atomic mass is 79.9. The minimum Gasteiger partial charge on any atom is -0.309 e. The molecule has 0 bridgehead atoms. The Morgan fingerprint density at radius 2 is 1.48 bits per heavy atom. The number of fused-ring (bicyclic) bond motifs is 3. The Balaban J connectivity index is 2.17. The van der Waals surface area contributed by atoms with Crippen molar-refractivity contribution in [1.29, 1.82) is 0 Å². The molecule has 0 N–H and O–H groups in total. The van der Waals surface area contributed by atoms with Crippen LogP contribution in [0.3, 0.4) is 0 Å². The van der Waals surface area contributed by atoms with Gasteiger partial charge in [0.15, 0.2) is 0 Å². The number of hydrogen-bond acceptors (Lipinski definition) is 0. The number of para-hydroxylation sites is 1. The van der Waals surface area contributed by atoms with E-state index >= 15 is 0 Å². The van der Waals surface area contributed by atoms with Crippen molar-refractivity contribution in [2.24, 2.45) is 0 Å². The summed E-state index contributed by atoms with van der Waals surface area (Å²) in [5.74, 6) is 0. The van der Waals surface area contributed by atoms with Crippen molar-refractivity contribution in [3.8, 4) is 5.69 Å². The van der Waals surface area contributed by atoms with E-state index in [2.05, 4.69) is 75.1 Å². The average molecular weight is 357 g/mol. The second kappa shape index (κ2) is 4.90. The van der Waals surface area contributed by atoms with Crippen LogP contribution in [-0.4, -0.2) is 4.57 Å². The highest BCUT2D eigenvalue weighted by Crippen LogP contribution is 2.33. The summed E-state index contributed by atoms with van der Waals surface area (Å²) in [7, 11) is 0. The number of hydrogen-bond donors (Lipinski definition) is 0. The summed E-state index contributed by atoms with van der Waals surface area (Å²) < 4.78 is 3.36. The van der Waals surface area contributed by atoms with Crippen LogP contribution in [0, 0.1) is 0 Å². The number of aromatic nitrogens is 1. The van der Waals surface area contributed by atoms with Gasteiger partial charge in [-0.15, -0.1) is 0 Å². The van der Waals surface area contributed by atoms with E-state index in [4.69, 9.17) is 11.6 Å². The number of benzene rings is 3. The second-order valence-corrected chi connectivity index (χ2v) is 6.34. The summed E-state index contributed by atoms with van der Waals surface area (Å²) in [5.41, 5.74) is 3.52. The van der Waals surface area contributed by atoms with E-state index in [0.29, 0.717) is 0 Å². The van der Waals surface area contributed by atoms with Crippen molar-refractivity contribution in [2.75, 3.05) is 0 Å². The summed E-state index contributed by atoms with van der Waals surface area (Å²) in [6.07, 6.45) is 0. The molecular formula is C18H11BrClN. The lowest BCUT2D eigenvalue weighted by atomic mass is 10.2. The lowest BCUT2D eigenvalue weighted by Crippen LogP contribution is -1.92. The van der Waals surface area contributed by atoms with Crippen LogP contribution in [0.25, 0.3) is 27.5 Å². The predicted octanol–water partition coefficient (Wildman–Crippen LogP) is 6.20. The third kappa shape index (κ3) is 2.06. The molecule has 0 spiro atoms. The number of rotatable bonds is 1. The standard InChI is InChI=1S/C18H11BrClN/c19-12-5-10-18-16(11-12)15-3-1-2-4-17(15)21(18)14-8-6-13(20)7-9-14/h1-11H. The van der Waals surface area contributed by atoms with Crippen LogP contribution < -0.4 is 0 Å². The molecule has 102 valence electrons. The first-order chi connectivity index (χ1) is 10.2. The van der Waals surface area contributed by atoms with Crippen molar-refractivity contribution < 1.29 is 0 Å². The molecule has 1 heterocycles. The van der Waals surface area contributed by atoms with Crippen molar-refractivity contribution >= 4 is 49.3 Å². The Hall–Kier alpha value is -1.77. The molecule has 0 aliphatic heterocycles. The Morgan fingerprint density at radius 1 is 0.762 bits per heavy atom. The molecule has 21 heavy (non-hydrogen) atoms. The lowest BCUT2D eigenvalue weighted by molar-refractivity contribution is 1.18. The van der Waals surface area contributed by atoms with Crippen LogP contribution >= 0.6 is 27.5 Å². The quantitative estimate of drug-likeness (QED) is 0.382. The maximum atomic E-state index is 6.01. The molecule has 0 unspecified atom stereocenters. The predicted molar refractivity (Wildman–Crippen MR) is 93.5 cm³/mol. The Morgan fingerprint density at radius 3 is 2.29 bits per heavy atom. The fourth-order valence-corrected chi connectivity index (χ4v) is 3.30. The van der Waals surface area contributed by atoms with E-state index in [-0.39, 0.29) is 0 Å². The van der Waals surface area contributed by atoms with Gasteiger partial charge in [0.2, 0.25) is 0 Å². The minimum absolute atomic E-state index is 0.752. The van der Waals surface area contributed by atoms with E-state index in [1.165, 1.54) is 21.8 Å². The van der Waals surface area contributed by atoms with Gasteiger partial charge in [0, 0.05) is 26.0 Å². The summed E-state index contributed by atoms with van der Waals surface area (Å²) in [6, 6.07) is 22.8. The maximum absolute atomic E-state index is 6.01. The van der Waals surface area contributed by atoms with Gasteiger partial charge < -0.3 is 4.57 Å². The molecule has 1 aromatic heterocycles. The van der Waals surface area contributed by atoms with E-state index < -0.39 is 0 Å². The molecule has 0 aliphatic carbocycles. The van der Waals surface area contributed by atoms with Crippen LogP contribution in [0.2, 0.25) is 5.02 Å². The van der Waals surface area contributed by atoms with Gasteiger partial charge in [-0.05, 0) is 48.5 Å². The molecule has 3 aromatic carbocycles. The summed E-state index contributed by atoms with van der Waals surface area (Å²) in [4.78, 5) is 0. The smallest absolute Gasteiger partial charge is 0.0541 e. The summed E-state index contributed by atoms with van der Waals surface area (Å²) in [5, 5.41) is 3.25. The molecule has 4 rings (SSSR count). The van der Waals surface area contributed by atoms with Crippen LogP contribution in [0.1, 0.15) is 0 Å². The molecule has 0 fully saturated rings. The number of nitrogens with zero attached hydrogens (tertiary/aromatic N) is 1. The van der Waals surface area contributed by atoms with Gasteiger partial charge in [0.25, 0.3) is 0 Å². The molecule has 0 aliphatic rings. The van der Waals surface area contributed by atoms with Crippen molar-refractivity contribution in [2.45, 2.75) is 0 Å². The fraction of sp³-hybridized carbons (Fsp3) is 0. The fourth-order valence-electron chi connectivity index (χ4n) is 2.81. The molecule has 0 radical (unpaired) electrons. The first-order valence-corrected chi connectivity index (χ1v) is 7.86. The van der Waals surface area contributed by atoms with E-state index in [9.17, 15) is 0 Å². The first-order valence-electron chi connectivity index (χ1n) is 6.69. The highest BCUT2D eigenvalue weighted by molar-refractivity contribution is 9.10. The van der Waals surface area contributed by atoms with E-state index in [1.54, 1.807) is 0 Å². The van der Waals surface area contributed by atoms with Gasteiger partial charge >= 0.3 is 0 Å². The topological polar surface area (TPSA) is 4.93 Å². The largest absolute Gasteiger partial charge is 0.309 e. The zero-order chi connectivity index (χ0) is 14.4.